The maximum absolute atomic E-state index is 11.7. The van der Waals surface area contributed by atoms with E-state index in [9.17, 15) is 4.79 Å². The molecule has 0 saturated carbocycles. The molecule has 0 unspecified atom stereocenters. The van der Waals surface area contributed by atoms with Crippen molar-refractivity contribution < 1.29 is 9.53 Å². The predicted octanol–water partition coefficient (Wildman–Crippen LogP) is 3.34. The van der Waals surface area contributed by atoms with E-state index in [0.717, 1.165) is 13.0 Å². The van der Waals surface area contributed by atoms with Gasteiger partial charge < -0.3 is 10.1 Å². The fraction of sp³-hybridized carbons (Fsp3) is 0.500. The van der Waals surface area contributed by atoms with Gasteiger partial charge in [-0.1, -0.05) is 19.9 Å². The van der Waals surface area contributed by atoms with Gasteiger partial charge in [0.2, 0.25) is 5.91 Å². The van der Waals surface area contributed by atoms with Crippen LogP contribution in [0.5, 0.6) is 0 Å². The van der Waals surface area contributed by atoms with Crippen molar-refractivity contribution in [2.45, 2.75) is 33.1 Å². The third-order valence-electron chi connectivity index (χ3n) is 2.81. The number of hydrogen-bond donors (Lipinski definition) is 1. The van der Waals surface area contributed by atoms with Gasteiger partial charge in [-0.2, -0.15) is 5.26 Å². The molecule has 0 radical (unpaired) electrons. The van der Waals surface area contributed by atoms with Crippen LogP contribution in [-0.4, -0.2) is 19.1 Å². The number of amides is 1. The van der Waals surface area contributed by atoms with Gasteiger partial charge in [0, 0.05) is 25.3 Å². The predicted molar refractivity (Wildman–Crippen MR) is 79.3 cm³/mol. The van der Waals surface area contributed by atoms with E-state index in [4.69, 9.17) is 10.00 Å². The molecule has 1 rings (SSSR count). The van der Waals surface area contributed by atoms with Gasteiger partial charge in [-0.05, 0) is 37.0 Å². The third kappa shape index (κ3) is 6.91. The van der Waals surface area contributed by atoms with E-state index < -0.39 is 0 Å². The minimum absolute atomic E-state index is 0.0486. The Morgan fingerprint density at radius 1 is 1.40 bits per heavy atom. The van der Waals surface area contributed by atoms with Gasteiger partial charge in [-0.25, -0.2) is 0 Å². The van der Waals surface area contributed by atoms with E-state index >= 15 is 0 Å². The zero-order valence-corrected chi connectivity index (χ0v) is 12.2. The fourth-order valence-corrected chi connectivity index (χ4v) is 1.65. The van der Waals surface area contributed by atoms with E-state index in [1.165, 1.54) is 0 Å². The smallest absolute Gasteiger partial charge is 0.224 e. The lowest BCUT2D eigenvalue weighted by Gasteiger charge is -2.07. The van der Waals surface area contributed by atoms with Crippen LogP contribution in [0.1, 0.15) is 38.7 Å². The largest absolute Gasteiger partial charge is 0.381 e. The first-order valence-corrected chi connectivity index (χ1v) is 6.99. The van der Waals surface area contributed by atoms with Crippen LogP contribution >= 0.6 is 0 Å². The standard InChI is InChI=1S/C16H22N2O2/c1-13(2)8-10-20-9-4-7-16(19)18-15-6-3-5-14(11-15)12-17/h3,5-6,11,13H,4,7-10H2,1-2H3,(H,18,19). The SMILES string of the molecule is CC(C)CCOCCCC(=O)Nc1cccc(C#N)c1. The second-order valence-corrected chi connectivity index (χ2v) is 5.14. The maximum atomic E-state index is 11.7. The number of anilines is 1. The van der Waals surface area contributed by atoms with Gasteiger partial charge >= 0.3 is 0 Å². The molecule has 0 heterocycles. The topological polar surface area (TPSA) is 62.1 Å². The minimum atomic E-state index is -0.0486. The quantitative estimate of drug-likeness (QED) is 0.739. The Labute approximate surface area is 120 Å². The summed E-state index contributed by atoms with van der Waals surface area (Å²) in [5.74, 6) is 0.596. The Bertz CT molecular complexity index is 464. The van der Waals surface area contributed by atoms with E-state index in [1.54, 1.807) is 24.3 Å². The summed E-state index contributed by atoms with van der Waals surface area (Å²) in [6.07, 6.45) is 2.19. The second-order valence-electron chi connectivity index (χ2n) is 5.14. The lowest BCUT2D eigenvalue weighted by atomic mass is 10.1. The molecule has 1 aromatic carbocycles. The number of nitriles is 1. The molecule has 1 aromatic rings. The molecular weight excluding hydrogens is 252 g/mol. The number of carbonyl (C=O) groups excluding carboxylic acids is 1. The van der Waals surface area contributed by atoms with Gasteiger partial charge in [0.25, 0.3) is 0 Å². The summed E-state index contributed by atoms with van der Waals surface area (Å²) >= 11 is 0. The van der Waals surface area contributed by atoms with Gasteiger partial charge in [-0.3, -0.25) is 4.79 Å². The number of hydrogen-bond acceptors (Lipinski definition) is 3. The first kappa shape index (κ1) is 16.2. The molecule has 0 spiro atoms. The van der Waals surface area contributed by atoms with Crippen LogP contribution in [0.2, 0.25) is 0 Å². The average Bonchev–Trinajstić information content (AvgIpc) is 2.42. The highest BCUT2D eigenvalue weighted by Gasteiger charge is 2.03. The van der Waals surface area contributed by atoms with Crippen LogP contribution in [-0.2, 0) is 9.53 Å². The van der Waals surface area contributed by atoms with Crippen molar-refractivity contribution in [3.05, 3.63) is 29.8 Å². The van der Waals surface area contributed by atoms with Crippen molar-refractivity contribution in [1.29, 1.82) is 5.26 Å². The van der Waals surface area contributed by atoms with Gasteiger partial charge in [0.05, 0.1) is 11.6 Å². The summed E-state index contributed by atoms with van der Waals surface area (Å²) in [5, 5.41) is 11.6. The Hall–Kier alpha value is -1.86. The zero-order chi connectivity index (χ0) is 14.8. The van der Waals surface area contributed by atoms with E-state index in [1.807, 2.05) is 6.07 Å². The summed E-state index contributed by atoms with van der Waals surface area (Å²) < 4.78 is 5.46. The molecule has 0 aliphatic heterocycles. The summed E-state index contributed by atoms with van der Waals surface area (Å²) in [7, 11) is 0. The van der Waals surface area contributed by atoms with Crippen LogP contribution in [0.4, 0.5) is 5.69 Å². The van der Waals surface area contributed by atoms with E-state index in [0.29, 0.717) is 36.6 Å². The van der Waals surface area contributed by atoms with Crippen molar-refractivity contribution in [2.24, 2.45) is 5.92 Å². The molecular formula is C16H22N2O2. The van der Waals surface area contributed by atoms with Gasteiger partial charge in [0.15, 0.2) is 0 Å². The lowest BCUT2D eigenvalue weighted by molar-refractivity contribution is -0.116. The summed E-state index contributed by atoms with van der Waals surface area (Å²) in [6, 6.07) is 8.94. The van der Waals surface area contributed by atoms with Crippen LogP contribution < -0.4 is 5.32 Å². The van der Waals surface area contributed by atoms with E-state index in [-0.39, 0.29) is 5.91 Å². The molecule has 4 heteroatoms. The van der Waals surface area contributed by atoms with Crippen LogP contribution in [0.3, 0.4) is 0 Å². The van der Waals surface area contributed by atoms with Crippen LogP contribution in [0.25, 0.3) is 0 Å². The highest BCUT2D eigenvalue weighted by molar-refractivity contribution is 5.90. The molecule has 0 bridgehead atoms. The Kier molecular flexibility index (Phi) is 7.38. The highest BCUT2D eigenvalue weighted by atomic mass is 16.5. The fourth-order valence-electron chi connectivity index (χ4n) is 1.65. The number of ether oxygens (including phenoxy) is 1. The number of nitrogens with one attached hydrogen (secondary N) is 1. The van der Waals surface area contributed by atoms with Crippen molar-refractivity contribution in [1.82, 2.24) is 0 Å². The Balaban J connectivity index is 2.19. The summed E-state index contributed by atoms with van der Waals surface area (Å²) in [6.45, 7) is 5.68. The number of rotatable bonds is 8. The number of carbonyl (C=O) groups is 1. The Morgan fingerprint density at radius 2 is 2.20 bits per heavy atom. The molecule has 0 fully saturated rings. The maximum Gasteiger partial charge on any atom is 0.224 e. The van der Waals surface area contributed by atoms with Crippen LogP contribution in [0.15, 0.2) is 24.3 Å². The van der Waals surface area contributed by atoms with E-state index in [2.05, 4.69) is 19.2 Å². The molecule has 0 atom stereocenters. The Morgan fingerprint density at radius 3 is 2.90 bits per heavy atom. The van der Waals surface area contributed by atoms with Crippen molar-refractivity contribution in [3.63, 3.8) is 0 Å². The van der Waals surface area contributed by atoms with Crippen LogP contribution in [0, 0.1) is 17.2 Å². The average molecular weight is 274 g/mol. The number of nitrogens with zero attached hydrogens (tertiary/aromatic N) is 1. The summed E-state index contributed by atoms with van der Waals surface area (Å²) in [4.78, 5) is 11.7. The van der Waals surface area contributed by atoms with Crippen molar-refractivity contribution in [2.75, 3.05) is 18.5 Å². The lowest BCUT2D eigenvalue weighted by Crippen LogP contribution is -2.12. The molecule has 4 nitrogen and oxygen atoms in total. The first-order chi connectivity index (χ1) is 9.61. The third-order valence-corrected chi connectivity index (χ3v) is 2.81. The minimum Gasteiger partial charge on any atom is -0.381 e. The zero-order valence-electron chi connectivity index (χ0n) is 12.2. The molecule has 0 saturated heterocycles. The molecule has 20 heavy (non-hydrogen) atoms. The monoisotopic (exact) mass is 274 g/mol. The van der Waals surface area contributed by atoms with Gasteiger partial charge in [-0.15, -0.1) is 0 Å². The molecule has 0 aromatic heterocycles. The first-order valence-electron chi connectivity index (χ1n) is 6.99. The van der Waals surface area contributed by atoms with Crippen molar-refractivity contribution >= 4 is 11.6 Å². The van der Waals surface area contributed by atoms with Crippen molar-refractivity contribution in [3.8, 4) is 6.07 Å². The molecule has 0 aliphatic carbocycles. The second kappa shape index (κ2) is 9.11. The number of benzene rings is 1. The van der Waals surface area contributed by atoms with Gasteiger partial charge in [0.1, 0.15) is 0 Å². The summed E-state index contributed by atoms with van der Waals surface area (Å²) in [5.41, 5.74) is 1.20. The normalized spacial score (nSPS) is 10.3. The molecule has 0 aliphatic rings. The molecule has 1 amide bonds. The highest BCUT2D eigenvalue weighted by Crippen LogP contribution is 2.10. The molecule has 108 valence electrons. The molecule has 1 N–H and O–H groups in total.